The third-order valence-corrected chi connectivity index (χ3v) is 6.74. The van der Waals surface area contributed by atoms with Crippen LogP contribution >= 0.6 is 0 Å². The molecule has 0 radical (unpaired) electrons. The van der Waals surface area contributed by atoms with E-state index >= 15 is 0 Å². The van der Waals surface area contributed by atoms with E-state index in [-0.39, 0.29) is 18.2 Å². The summed E-state index contributed by atoms with van der Waals surface area (Å²) in [5, 5.41) is 5.03. The van der Waals surface area contributed by atoms with Crippen molar-refractivity contribution in [2.75, 3.05) is 57.8 Å². The molecular formula is C23H33N5O3. The maximum Gasteiger partial charge on any atom is 0.252 e. The second kappa shape index (κ2) is 9.78. The molecule has 8 heteroatoms. The molecule has 3 aliphatic heterocycles. The Balaban J connectivity index is 1.29. The first-order valence-electron chi connectivity index (χ1n) is 11.4. The molecule has 0 aromatic heterocycles. The lowest BCUT2D eigenvalue weighted by molar-refractivity contribution is -0.134. The molecule has 1 unspecified atom stereocenters. The van der Waals surface area contributed by atoms with Gasteiger partial charge in [-0.25, -0.2) is 0 Å². The van der Waals surface area contributed by atoms with Gasteiger partial charge in [-0.15, -0.1) is 0 Å². The van der Waals surface area contributed by atoms with Crippen LogP contribution in [0.5, 0.6) is 0 Å². The molecule has 0 spiro atoms. The van der Waals surface area contributed by atoms with Crippen LogP contribution < -0.4 is 15.5 Å². The van der Waals surface area contributed by atoms with Crippen LogP contribution in [0, 0.1) is 5.92 Å². The minimum Gasteiger partial charge on any atom is -0.369 e. The molecule has 31 heavy (non-hydrogen) atoms. The van der Waals surface area contributed by atoms with Gasteiger partial charge in [0.05, 0.1) is 0 Å². The van der Waals surface area contributed by atoms with Gasteiger partial charge in [-0.3, -0.25) is 24.6 Å². The molecule has 3 saturated heterocycles. The fourth-order valence-electron chi connectivity index (χ4n) is 4.72. The number of anilines is 1. The number of carbonyl (C=O) groups is 3. The van der Waals surface area contributed by atoms with E-state index in [2.05, 4.69) is 32.4 Å². The standard InChI is InChI=1S/C23H33N5O3/c1-26-9-7-17(8-10-26)16-27-11-13-28(14-12-27)19-4-2-3-18(15-19)22(30)24-20-5-6-21(29)25-23(20)31/h2-4,15,17,20H,5-14,16H2,1H3,(H,24,30)(H,25,29,31). The van der Waals surface area contributed by atoms with Gasteiger partial charge in [-0.1, -0.05) is 6.07 Å². The number of nitrogens with zero attached hydrogens (tertiary/aromatic N) is 3. The lowest BCUT2D eigenvalue weighted by atomic mass is 9.96. The van der Waals surface area contributed by atoms with E-state index in [1.165, 1.54) is 32.5 Å². The highest BCUT2D eigenvalue weighted by atomic mass is 16.2. The molecule has 4 rings (SSSR count). The first kappa shape index (κ1) is 21.8. The van der Waals surface area contributed by atoms with E-state index in [0.717, 1.165) is 37.8 Å². The van der Waals surface area contributed by atoms with Crippen molar-refractivity contribution >= 4 is 23.4 Å². The molecule has 3 amide bonds. The van der Waals surface area contributed by atoms with Crippen molar-refractivity contribution in [2.45, 2.75) is 31.7 Å². The largest absolute Gasteiger partial charge is 0.369 e. The summed E-state index contributed by atoms with van der Waals surface area (Å²) in [4.78, 5) is 43.2. The molecule has 1 atom stereocenters. The molecule has 3 fully saturated rings. The number of piperazine rings is 1. The summed E-state index contributed by atoms with van der Waals surface area (Å²) in [6.07, 6.45) is 3.18. The average molecular weight is 428 g/mol. The predicted molar refractivity (Wildman–Crippen MR) is 119 cm³/mol. The van der Waals surface area contributed by atoms with E-state index in [1.54, 1.807) is 6.07 Å². The fraction of sp³-hybridized carbons (Fsp3) is 0.609. The SMILES string of the molecule is CN1CCC(CN2CCN(c3cccc(C(=O)NC4CCC(=O)NC4=O)c3)CC2)CC1. The first-order valence-corrected chi connectivity index (χ1v) is 11.4. The van der Waals surface area contributed by atoms with Crippen LogP contribution in [0.1, 0.15) is 36.0 Å². The number of rotatable bonds is 5. The predicted octanol–water partition coefficient (Wildman–Crippen LogP) is 0.685. The monoisotopic (exact) mass is 427 g/mol. The third-order valence-electron chi connectivity index (χ3n) is 6.74. The maximum atomic E-state index is 12.7. The Labute approximate surface area is 183 Å². The van der Waals surface area contributed by atoms with E-state index in [9.17, 15) is 14.4 Å². The highest BCUT2D eigenvalue weighted by Crippen LogP contribution is 2.21. The van der Waals surface area contributed by atoms with Crippen LogP contribution in [0.25, 0.3) is 0 Å². The van der Waals surface area contributed by atoms with Gasteiger partial charge in [0.1, 0.15) is 6.04 Å². The lowest BCUT2D eigenvalue weighted by Gasteiger charge is -2.39. The van der Waals surface area contributed by atoms with Gasteiger partial charge in [-0.05, 0) is 63.5 Å². The number of likely N-dealkylation sites (tertiary alicyclic amines) is 1. The molecule has 168 valence electrons. The van der Waals surface area contributed by atoms with E-state index in [1.807, 2.05) is 18.2 Å². The van der Waals surface area contributed by atoms with Crippen LogP contribution in [0.15, 0.2) is 24.3 Å². The Kier molecular flexibility index (Phi) is 6.87. The fourth-order valence-corrected chi connectivity index (χ4v) is 4.72. The number of nitrogens with one attached hydrogen (secondary N) is 2. The highest BCUT2D eigenvalue weighted by molar-refractivity contribution is 6.04. The molecule has 3 aliphatic rings. The van der Waals surface area contributed by atoms with Gasteiger partial charge in [0, 0.05) is 50.4 Å². The van der Waals surface area contributed by atoms with Gasteiger partial charge in [0.2, 0.25) is 11.8 Å². The number of amides is 3. The Morgan fingerprint density at radius 1 is 1.06 bits per heavy atom. The van der Waals surface area contributed by atoms with Crippen molar-refractivity contribution < 1.29 is 14.4 Å². The van der Waals surface area contributed by atoms with Crippen LogP contribution in [0.3, 0.4) is 0 Å². The second-order valence-corrected chi connectivity index (χ2v) is 9.06. The lowest BCUT2D eigenvalue weighted by Crippen LogP contribution is -2.52. The van der Waals surface area contributed by atoms with Crippen molar-refractivity contribution in [3.63, 3.8) is 0 Å². The Hall–Kier alpha value is -2.45. The summed E-state index contributed by atoms with van der Waals surface area (Å²) in [5.41, 5.74) is 1.57. The molecule has 8 nitrogen and oxygen atoms in total. The highest BCUT2D eigenvalue weighted by Gasteiger charge is 2.28. The summed E-state index contributed by atoms with van der Waals surface area (Å²) in [7, 11) is 2.20. The molecule has 1 aromatic carbocycles. The summed E-state index contributed by atoms with van der Waals surface area (Å²) in [6, 6.07) is 6.93. The van der Waals surface area contributed by atoms with Crippen molar-refractivity contribution in [1.82, 2.24) is 20.4 Å². The van der Waals surface area contributed by atoms with Crippen molar-refractivity contribution in [3.05, 3.63) is 29.8 Å². The Morgan fingerprint density at radius 2 is 1.81 bits per heavy atom. The smallest absolute Gasteiger partial charge is 0.252 e. The zero-order chi connectivity index (χ0) is 21.8. The first-order chi connectivity index (χ1) is 15.0. The van der Waals surface area contributed by atoms with E-state index < -0.39 is 11.9 Å². The Morgan fingerprint density at radius 3 is 2.52 bits per heavy atom. The number of benzene rings is 1. The summed E-state index contributed by atoms with van der Waals surface area (Å²) in [5.74, 6) is -0.187. The van der Waals surface area contributed by atoms with Crippen molar-refractivity contribution in [2.24, 2.45) is 5.92 Å². The average Bonchev–Trinajstić information content (AvgIpc) is 2.78. The minimum atomic E-state index is -0.656. The molecule has 3 heterocycles. The molecule has 0 saturated carbocycles. The van der Waals surface area contributed by atoms with Gasteiger partial charge in [0.25, 0.3) is 5.91 Å². The zero-order valence-electron chi connectivity index (χ0n) is 18.3. The topological polar surface area (TPSA) is 85.0 Å². The number of carbonyl (C=O) groups excluding carboxylic acids is 3. The quantitative estimate of drug-likeness (QED) is 0.673. The zero-order valence-corrected chi connectivity index (χ0v) is 18.3. The van der Waals surface area contributed by atoms with Crippen LogP contribution in [0.2, 0.25) is 0 Å². The van der Waals surface area contributed by atoms with Crippen molar-refractivity contribution in [1.29, 1.82) is 0 Å². The minimum absolute atomic E-state index is 0.249. The van der Waals surface area contributed by atoms with Crippen LogP contribution in [-0.2, 0) is 9.59 Å². The van der Waals surface area contributed by atoms with Crippen LogP contribution in [-0.4, -0.2) is 86.4 Å². The van der Waals surface area contributed by atoms with Gasteiger partial charge < -0.3 is 15.1 Å². The summed E-state index contributed by atoms with van der Waals surface area (Å²) < 4.78 is 0. The number of hydrogen-bond acceptors (Lipinski definition) is 6. The van der Waals surface area contributed by atoms with E-state index in [4.69, 9.17) is 0 Å². The van der Waals surface area contributed by atoms with Gasteiger partial charge in [0.15, 0.2) is 0 Å². The summed E-state index contributed by atoms with van der Waals surface area (Å²) in [6.45, 7) is 7.58. The molecule has 0 bridgehead atoms. The molecule has 1 aromatic rings. The number of hydrogen-bond donors (Lipinski definition) is 2. The summed E-state index contributed by atoms with van der Waals surface area (Å²) >= 11 is 0. The molecule has 0 aliphatic carbocycles. The van der Waals surface area contributed by atoms with Crippen LogP contribution in [0.4, 0.5) is 5.69 Å². The molecular weight excluding hydrogens is 394 g/mol. The normalized spacial score (nSPS) is 24.2. The van der Waals surface area contributed by atoms with Crippen molar-refractivity contribution in [3.8, 4) is 0 Å². The van der Waals surface area contributed by atoms with E-state index in [0.29, 0.717) is 12.0 Å². The van der Waals surface area contributed by atoms with Gasteiger partial charge >= 0.3 is 0 Å². The molecule has 2 N–H and O–H groups in total. The number of imide groups is 1. The number of piperidine rings is 2. The second-order valence-electron chi connectivity index (χ2n) is 9.06. The Bertz CT molecular complexity index is 813. The maximum absolute atomic E-state index is 12.7. The third kappa shape index (κ3) is 5.62. The van der Waals surface area contributed by atoms with Gasteiger partial charge in [-0.2, -0.15) is 0 Å².